The number of nitro benzene ring substituents is 1. The first-order valence-corrected chi connectivity index (χ1v) is 5.94. The van der Waals surface area contributed by atoms with Crippen LogP contribution in [0, 0.1) is 10.1 Å². The molecule has 0 aliphatic rings. The molecule has 2 aromatic rings. The third-order valence-electron chi connectivity index (χ3n) is 2.31. The molecule has 88 valence electrons. The van der Waals surface area contributed by atoms with Crippen LogP contribution in [0.5, 0.6) is 0 Å². The first-order chi connectivity index (χ1) is 7.91. The molecule has 0 heterocycles. The fourth-order valence-electron chi connectivity index (χ4n) is 1.64. The zero-order valence-electron chi connectivity index (χ0n) is 9.36. The van der Waals surface area contributed by atoms with Crippen LogP contribution in [0.15, 0.2) is 41.3 Å². The van der Waals surface area contributed by atoms with Crippen LogP contribution >= 0.6 is 0 Å². The van der Waals surface area contributed by atoms with E-state index >= 15 is 0 Å². The number of rotatable bonds is 2. The zero-order chi connectivity index (χ0) is 12.6. The third kappa shape index (κ3) is 2.70. The summed E-state index contributed by atoms with van der Waals surface area (Å²) in [5, 5.41) is 11.2. The van der Waals surface area contributed by atoms with E-state index in [1.165, 1.54) is 18.2 Å². The van der Waals surface area contributed by atoms with Crippen LogP contribution in [0.25, 0.3) is 10.8 Å². The van der Waals surface area contributed by atoms with Gasteiger partial charge in [-0.25, -0.2) is 8.42 Å². The maximum atomic E-state index is 11.1. The second-order valence-corrected chi connectivity index (χ2v) is 4.66. The number of fused-ring (bicyclic) bond motifs is 1. The van der Waals surface area contributed by atoms with Crippen molar-refractivity contribution in [2.75, 3.05) is 0 Å². The molecule has 8 heteroatoms. The molecule has 0 saturated heterocycles. The van der Waals surface area contributed by atoms with Gasteiger partial charge in [0.05, 0.1) is 4.92 Å². The van der Waals surface area contributed by atoms with Crippen molar-refractivity contribution in [3.8, 4) is 0 Å². The van der Waals surface area contributed by atoms with E-state index in [1.54, 1.807) is 12.1 Å². The third-order valence-corrected chi connectivity index (χ3v) is 3.23. The first-order valence-electron chi connectivity index (χ1n) is 4.53. The predicted molar refractivity (Wildman–Crippen MR) is 58.6 cm³/mol. The monoisotopic (exact) mass is 275 g/mol. The van der Waals surface area contributed by atoms with Crippen LogP contribution in [0.4, 0.5) is 5.69 Å². The minimum absolute atomic E-state index is 0. The Morgan fingerprint density at radius 2 is 1.67 bits per heavy atom. The maximum absolute atomic E-state index is 11.1. The minimum atomic E-state index is -4.90. The smallest absolute Gasteiger partial charge is 0.744 e. The second kappa shape index (κ2) is 5.33. The Balaban J connectivity index is 0.00000162. The number of nitrogens with zero attached hydrogens (tertiary/aromatic N) is 1. The molecular formula is C10H6NNaO5S. The molecule has 0 unspecified atom stereocenters. The average Bonchev–Trinajstić information content (AvgIpc) is 2.26. The first kappa shape index (κ1) is 15.1. The van der Waals surface area contributed by atoms with E-state index in [9.17, 15) is 23.1 Å². The van der Waals surface area contributed by atoms with Crippen LogP contribution in [0.3, 0.4) is 0 Å². The Bertz CT molecular complexity index is 713. The number of hydrogen-bond donors (Lipinski definition) is 0. The molecule has 0 bridgehead atoms. The van der Waals surface area contributed by atoms with Gasteiger partial charge in [0.2, 0.25) is 0 Å². The number of nitro groups is 1. The van der Waals surface area contributed by atoms with E-state index in [2.05, 4.69) is 0 Å². The molecule has 2 rings (SSSR count). The average molecular weight is 275 g/mol. The van der Waals surface area contributed by atoms with Crippen molar-refractivity contribution in [2.45, 2.75) is 4.90 Å². The minimum Gasteiger partial charge on any atom is -0.744 e. The van der Waals surface area contributed by atoms with Gasteiger partial charge in [-0.2, -0.15) is 0 Å². The molecule has 0 aliphatic heterocycles. The van der Waals surface area contributed by atoms with E-state index in [0.29, 0.717) is 5.39 Å². The van der Waals surface area contributed by atoms with Gasteiger partial charge in [-0.3, -0.25) is 10.1 Å². The molecule has 0 saturated carbocycles. The van der Waals surface area contributed by atoms with Crippen molar-refractivity contribution >= 4 is 26.6 Å². The van der Waals surface area contributed by atoms with E-state index in [-0.39, 0.29) is 34.9 Å². The molecular weight excluding hydrogens is 269 g/mol. The second-order valence-electron chi connectivity index (χ2n) is 3.35. The summed E-state index contributed by atoms with van der Waals surface area (Å²) in [7, 11) is -4.90. The zero-order valence-corrected chi connectivity index (χ0v) is 12.2. The van der Waals surface area contributed by atoms with Crippen molar-refractivity contribution in [2.24, 2.45) is 0 Å². The molecule has 0 aromatic heterocycles. The standard InChI is InChI=1S/C10H7NO5S.Na/c12-11(13)9-6-5-7-3-1-2-4-8(7)10(9)17(14,15)16;/h1-6H,(H,14,15,16);/q;+1/p-1. The summed E-state index contributed by atoms with van der Waals surface area (Å²) in [4.78, 5) is 9.06. The Kier molecular flexibility index (Phi) is 4.46. The van der Waals surface area contributed by atoms with Crippen LogP contribution in [0.1, 0.15) is 0 Å². The molecule has 0 amide bonds. The van der Waals surface area contributed by atoms with E-state index in [1.807, 2.05) is 0 Å². The Morgan fingerprint density at radius 1 is 1.06 bits per heavy atom. The summed E-state index contributed by atoms with van der Waals surface area (Å²) in [5.41, 5.74) is -0.696. The van der Waals surface area contributed by atoms with Crippen molar-refractivity contribution in [1.82, 2.24) is 0 Å². The van der Waals surface area contributed by atoms with Crippen molar-refractivity contribution in [3.05, 3.63) is 46.5 Å². The quantitative estimate of drug-likeness (QED) is 0.292. The summed E-state index contributed by atoms with van der Waals surface area (Å²) in [6.45, 7) is 0. The molecule has 0 fully saturated rings. The Hall–Kier alpha value is -0.990. The fraction of sp³-hybridized carbons (Fsp3) is 0. The molecule has 6 nitrogen and oxygen atoms in total. The Labute approximate surface area is 125 Å². The molecule has 0 spiro atoms. The van der Waals surface area contributed by atoms with Gasteiger partial charge in [0.25, 0.3) is 5.69 Å². The predicted octanol–water partition coefficient (Wildman–Crippen LogP) is -1.34. The molecule has 0 radical (unpaired) electrons. The van der Waals surface area contributed by atoms with Crippen molar-refractivity contribution < 1.29 is 47.5 Å². The topological polar surface area (TPSA) is 100 Å². The van der Waals surface area contributed by atoms with E-state index < -0.39 is 25.6 Å². The number of hydrogen-bond acceptors (Lipinski definition) is 5. The molecule has 0 N–H and O–H groups in total. The molecule has 0 atom stereocenters. The SMILES string of the molecule is O=[N+]([O-])c1ccc2ccccc2c1S(=O)(=O)[O-].[Na+]. The van der Waals surface area contributed by atoms with Gasteiger partial charge >= 0.3 is 29.6 Å². The van der Waals surface area contributed by atoms with E-state index in [4.69, 9.17) is 0 Å². The van der Waals surface area contributed by atoms with Crippen LogP contribution in [-0.2, 0) is 10.1 Å². The van der Waals surface area contributed by atoms with Crippen LogP contribution in [0.2, 0.25) is 0 Å². The molecule has 18 heavy (non-hydrogen) atoms. The van der Waals surface area contributed by atoms with Crippen molar-refractivity contribution in [1.29, 1.82) is 0 Å². The molecule has 2 aromatic carbocycles. The van der Waals surface area contributed by atoms with Gasteiger partial charge in [0, 0.05) is 11.5 Å². The summed E-state index contributed by atoms with van der Waals surface area (Å²) in [6, 6.07) is 8.53. The van der Waals surface area contributed by atoms with E-state index in [0.717, 1.165) is 6.07 Å². The van der Waals surface area contributed by atoms with Crippen LogP contribution in [-0.4, -0.2) is 17.9 Å². The van der Waals surface area contributed by atoms with Gasteiger partial charge in [-0.1, -0.05) is 24.3 Å². The molecule has 0 aliphatic carbocycles. The van der Waals surface area contributed by atoms with Crippen LogP contribution < -0.4 is 29.6 Å². The van der Waals surface area contributed by atoms with Gasteiger partial charge < -0.3 is 4.55 Å². The maximum Gasteiger partial charge on any atom is 1.00 e. The number of benzene rings is 2. The summed E-state index contributed by atoms with van der Waals surface area (Å²) >= 11 is 0. The summed E-state index contributed by atoms with van der Waals surface area (Å²) in [5.74, 6) is 0. The fourth-order valence-corrected chi connectivity index (χ4v) is 2.49. The van der Waals surface area contributed by atoms with Gasteiger partial charge in [-0.05, 0) is 11.5 Å². The van der Waals surface area contributed by atoms with Gasteiger partial charge in [0.1, 0.15) is 15.0 Å². The van der Waals surface area contributed by atoms with Gasteiger partial charge in [-0.15, -0.1) is 0 Å². The van der Waals surface area contributed by atoms with Gasteiger partial charge in [0.15, 0.2) is 0 Å². The largest absolute Gasteiger partial charge is 1.00 e. The summed E-state index contributed by atoms with van der Waals surface area (Å²) < 4.78 is 33.3. The van der Waals surface area contributed by atoms with Crippen molar-refractivity contribution in [3.63, 3.8) is 0 Å². The summed E-state index contributed by atoms with van der Waals surface area (Å²) in [6.07, 6.45) is 0. The normalized spacial score (nSPS) is 10.9. The Morgan fingerprint density at radius 3 is 2.22 bits per heavy atom.